The molecule has 3 heterocycles. The van der Waals surface area contributed by atoms with Crippen LogP contribution in [0.2, 0.25) is 0 Å². The molecule has 0 unspecified atom stereocenters. The van der Waals surface area contributed by atoms with Crippen molar-refractivity contribution in [1.82, 2.24) is 14.5 Å². The van der Waals surface area contributed by atoms with Gasteiger partial charge in [0.15, 0.2) is 0 Å². The molecular weight excluding hydrogens is 792 g/mol. The maximum Gasteiger partial charge on any atom is 0.415 e. The van der Waals surface area contributed by atoms with E-state index in [1.165, 1.54) is 34.6 Å². The third-order valence-corrected chi connectivity index (χ3v) is 8.72. The molecule has 7 rings (SSSR count). The third-order valence-electron chi connectivity index (χ3n) is 7.84. The number of benzene rings is 4. The number of hydrogen-bond donors (Lipinski definition) is 0. The topological polar surface area (TPSA) is 30.7 Å². The van der Waals surface area contributed by atoms with Crippen LogP contribution >= 0.6 is 11.3 Å². The van der Waals surface area contributed by atoms with Crippen molar-refractivity contribution in [3.63, 3.8) is 0 Å². The van der Waals surface area contributed by atoms with Crippen LogP contribution in [0, 0.1) is 11.4 Å². The first-order chi connectivity index (χ1) is 22.1. The molecule has 0 spiro atoms. The van der Waals surface area contributed by atoms with Crippen LogP contribution in [0.25, 0.3) is 49.5 Å². The van der Waals surface area contributed by atoms with Gasteiger partial charge >= 0.3 is 6.18 Å². The van der Waals surface area contributed by atoms with Crippen molar-refractivity contribution in [2.24, 2.45) is 0 Å². The molecular formula is C39H32F3IrN3S-2. The normalized spacial score (nSPS) is 11.5. The van der Waals surface area contributed by atoms with Gasteiger partial charge in [0.2, 0.25) is 0 Å². The number of nitrogens with zero attached hydrogens (tertiary/aromatic N) is 3. The molecule has 7 aromatic rings. The van der Waals surface area contributed by atoms with Crippen molar-refractivity contribution in [3.8, 4) is 28.3 Å². The van der Waals surface area contributed by atoms with Gasteiger partial charge in [-0.2, -0.15) is 13.2 Å². The summed E-state index contributed by atoms with van der Waals surface area (Å²) in [7, 11) is 0. The summed E-state index contributed by atoms with van der Waals surface area (Å²) in [6.45, 7) is 8.62. The number of aromatic nitrogens is 3. The van der Waals surface area contributed by atoms with Gasteiger partial charge in [0.25, 0.3) is 0 Å². The van der Waals surface area contributed by atoms with Crippen LogP contribution < -0.4 is 0 Å². The van der Waals surface area contributed by atoms with Gasteiger partial charge in [-0.15, -0.1) is 41.3 Å². The number of alkyl halides is 3. The van der Waals surface area contributed by atoms with Crippen molar-refractivity contribution in [2.75, 3.05) is 0 Å². The monoisotopic (exact) mass is 824 g/mol. The second-order valence-corrected chi connectivity index (χ2v) is 12.5. The minimum atomic E-state index is -4.41. The van der Waals surface area contributed by atoms with Gasteiger partial charge in [-0.1, -0.05) is 104 Å². The average Bonchev–Trinajstić information content (AvgIpc) is 3.66. The van der Waals surface area contributed by atoms with Crippen LogP contribution in [0.3, 0.4) is 0 Å². The standard InChI is InChI=1S/C28H24F3N2S.C11H8N.Ir/c1-16(2)19-8-7-9-20(17(3)4)26(19)33-24-11-6-5-10-23(24)32-27(33)22-15-34-25-13-12-18(14-21(22)25)28(29,30)31;1-2-6-10(7-3-1)11-8-4-5-9-12-11;/h5-14,16-17H,1-4H3;1-6,8-9H;/q2*-1;. The Bertz CT molecular complexity index is 2040. The van der Waals surface area contributed by atoms with Crippen molar-refractivity contribution in [1.29, 1.82) is 0 Å². The Morgan fingerprint density at radius 2 is 1.49 bits per heavy atom. The predicted molar refractivity (Wildman–Crippen MR) is 182 cm³/mol. The van der Waals surface area contributed by atoms with Crippen LogP contribution in [0.5, 0.6) is 0 Å². The van der Waals surface area contributed by atoms with E-state index in [1.54, 1.807) is 6.20 Å². The largest absolute Gasteiger partial charge is 0.415 e. The molecule has 0 amide bonds. The molecule has 0 bridgehead atoms. The van der Waals surface area contributed by atoms with E-state index < -0.39 is 11.7 Å². The second-order valence-electron chi connectivity index (χ2n) is 11.6. The number of pyridine rings is 1. The Labute approximate surface area is 290 Å². The summed E-state index contributed by atoms with van der Waals surface area (Å²) in [4.78, 5) is 9.15. The van der Waals surface area contributed by atoms with Gasteiger partial charge in [-0.05, 0) is 46.9 Å². The number of imidazole rings is 1. The molecule has 4 aromatic carbocycles. The fraction of sp³-hybridized carbons (Fsp3) is 0.179. The fourth-order valence-electron chi connectivity index (χ4n) is 5.58. The van der Waals surface area contributed by atoms with Crippen LogP contribution in [-0.2, 0) is 26.3 Å². The molecule has 8 heteroatoms. The van der Waals surface area contributed by atoms with Crippen molar-refractivity contribution < 1.29 is 33.3 Å². The van der Waals surface area contributed by atoms with Gasteiger partial charge in [-0.3, -0.25) is 16.3 Å². The molecule has 0 aliphatic heterocycles. The molecule has 0 atom stereocenters. The quantitative estimate of drug-likeness (QED) is 0.162. The Kier molecular flexibility index (Phi) is 10.5. The SMILES string of the molecule is CC(C)c1cccc(C(C)C)c1-n1c(-c2[c-]sc3ccc(C(F)(F)F)cc23)nc2ccccc21.[Ir].[c-]1ccccc1-c1ccccn1. The molecule has 0 aliphatic rings. The van der Waals surface area contributed by atoms with E-state index >= 15 is 0 Å². The van der Waals surface area contributed by atoms with E-state index in [4.69, 9.17) is 4.98 Å². The van der Waals surface area contributed by atoms with E-state index in [-0.39, 0.29) is 31.9 Å². The van der Waals surface area contributed by atoms with E-state index in [0.717, 1.165) is 38.7 Å². The minimum absolute atomic E-state index is 0. The molecule has 1 radical (unpaired) electrons. The Morgan fingerprint density at radius 3 is 2.13 bits per heavy atom. The van der Waals surface area contributed by atoms with E-state index in [0.29, 0.717) is 16.8 Å². The smallest absolute Gasteiger partial charge is 0.333 e. The van der Waals surface area contributed by atoms with Crippen LogP contribution in [0.15, 0.2) is 109 Å². The van der Waals surface area contributed by atoms with E-state index in [2.05, 4.69) is 66.9 Å². The zero-order valence-corrected chi connectivity index (χ0v) is 29.5. The molecule has 0 saturated heterocycles. The van der Waals surface area contributed by atoms with Gasteiger partial charge < -0.3 is 9.55 Å². The van der Waals surface area contributed by atoms with Crippen molar-refractivity contribution >= 4 is 32.5 Å². The molecule has 3 aromatic heterocycles. The zero-order chi connectivity index (χ0) is 32.4. The maximum atomic E-state index is 13.5. The van der Waals surface area contributed by atoms with Crippen LogP contribution in [-0.4, -0.2) is 14.5 Å². The summed E-state index contributed by atoms with van der Waals surface area (Å²) in [5, 5.41) is 3.79. The number of thiophene rings is 1. The summed E-state index contributed by atoms with van der Waals surface area (Å²) in [5.41, 5.74) is 7.05. The Hall–Kier alpha value is -4.10. The molecule has 0 fully saturated rings. The fourth-order valence-corrected chi connectivity index (χ4v) is 6.40. The van der Waals surface area contributed by atoms with Crippen molar-refractivity contribution in [3.05, 3.63) is 137 Å². The summed E-state index contributed by atoms with van der Waals surface area (Å²) in [6.07, 6.45) is -2.63. The number of para-hydroxylation sites is 3. The van der Waals surface area contributed by atoms with Crippen LogP contribution in [0.1, 0.15) is 56.2 Å². The summed E-state index contributed by atoms with van der Waals surface area (Å²) in [6, 6.07) is 34.9. The van der Waals surface area contributed by atoms with Crippen LogP contribution in [0.4, 0.5) is 13.2 Å². The van der Waals surface area contributed by atoms with Gasteiger partial charge in [0, 0.05) is 37.6 Å². The third kappa shape index (κ3) is 7.10. The molecule has 0 aliphatic carbocycles. The van der Waals surface area contributed by atoms with Gasteiger partial charge in [-0.25, -0.2) is 0 Å². The molecule has 241 valence electrons. The molecule has 47 heavy (non-hydrogen) atoms. The minimum Gasteiger partial charge on any atom is -0.333 e. The van der Waals surface area contributed by atoms with Gasteiger partial charge in [0.1, 0.15) is 0 Å². The van der Waals surface area contributed by atoms with Gasteiger partial charge in [0.05, 0.1) is 16.9 Å². The summed E-state index contributed by atoms with van der Waals surface area (Å²) >= 11 is 1.32. The first-order valence-electron chi connectivity index (χ1n) is 15.1. The number of hydrogen-bond acceptors (Lipinski definition) is 3. The van der Waals surface area contributed by atoms with E-state index in [9.17, 15) is 13.2 Å². The Balaban J connectivity index is 0.000000280. The number of fused-ring (bicyclic) bond motifs is 2. The Morgan fingerprint density at radius 1 is 0.787 bits per heavy atom. The maximum absolute atomic E-state index is 13.5. The average molecular weight is 824 g/mol. The first-order valence-corrected chi connectivity index (χ1v) is 16.0. The zero-order valence-electron chi connectivity index (χ0n) is 26.3. The first kappa shape index (κ1) is 34.2. The number of rotatable bonds is 5. The second kappa shape index (κ2) is 14.3. The molecule has 3 nitrogen and oxygen atoms in total. The molecule has 0 saturated carbocycles. The molecule has 0 N–H and O–H groups in total. The van der Waals surface area contributed by atoms with Crippen molar-refractivity contribution in [2.45, 2.75) is 45.7 Å². The number of halogens is 3. The summed E-state index contributed by atoms with van der Waals surface area (Å²) in [5.74, 6) is 1.12. The van der Waals surface area contributed by atoms with E-state index in [1.807, 2.05) is 66.7 Å². The summed E-state index contributed by atoms with van der Waals surface area (Å²) < 4.78 is 43.4. The predicted octanol–water partition coefficient (Wildman–Crippen LogP) is 11.5.